The summed E-state index contributed by atoms with van der Waals surface area (Å²) in [6, 6.07) is 48.3. The highest BCUT2D eigenvalue weighted by atomic mass is 32.1. The van der Waals surface area contributed by atoms with Crippen molar-refractivity contribution in [3.8, 4) is 22.9 Å². The Labute approximate surface area is 519 Å². The normalized spacial score (nSPS) is 14.1. The van der Waals surface area contributed by atoms with Gasteiger partial charge in [-0.15, -0.1) is 11.3 Å². The van der Waals surface area contributed by atoms with Gasteiger partial charge in [0.05, 0.1) is 68.8 Å². The highest BCUT2D eigenvalue weighted by Gasteiger charge is 2.45. The zero-order valence-corrected chi connectivity index (χ0v) is 50.5. The highest BCUT2D eigenvalue weighted by Crippen LogP contribution is 2.41. The molecule has 1 atom stereocenters. The lowest BCUT2D eigenvalue weighted by Gasteiger charge is -2.31. The summed E-state index contributed by atoms with van der Waals surface area (Å²) in [5.41, 5.74) is 9.05. The van der Waals surface area contributed by atoms with E-state index in [1.165, 1.54) is 11.3 Å². The van der Waals surface area contributed by atoms with Crippen LogP contribution in [0.2, 0.25) is 0 Å². The van der Waals surface area contributed by atoms with Crippen LogP contribution in [0.5, 0.6) is 11.5 Å². The van der Waals surface area contributed by atoms with E-state index >= 15 is 0 Å². The van der Waals surface area contributed by atoms with Crippen LogP contribution in [0.25, 0.3) is 22.3 Å². The average molecular weight is 1210 g/mol. The number of aromatic nitrogens is 6. The van der Waals surface area contributed by atoms with Crippen molar-refractivity contribution in [2.24, 2.45) is 0 Å². The molecule has 2 aliphatic rings. The Morgan fingerprint density at radius 2 is 1.27 bits per heavy atom. The Bertz CT molecular complexity index is 4010. The number of pyridine rings is 6. The maximum absolute atomic E-state index is 14.1. The molecule has 0 bridgehead atoms. The number of fused-ring (bicyclic) bond motifs is 5. The second kappa shape index (κ2) is 27.2. The van der Waals surface area contributed by atoms with Crippen molar-refractivity contribution in [2.45, 2.75) is 104 Å². The third kappa shape index (κ3) is 13.8. The molecule has 9 heterocycles. The smallest absolute Gasteiger partial charge is 0.343 e. The molecule has 0 fully saturated rings. The number of aryl methyl sites for hydroxylation is 1. The van der Waals surface area contributed by atoms with Gasteiger partial charge < -0.3 is 28.8 Å². The summed E-state index contributed by atoms with van der Waals surface area (Å²) in [5, 5.41) is 14.0. The topological polar surface area (TPSA) is 195 Å². The second-order valence-electron chi connectivity index (χ2n) is 22.5. The van der Waals surface area contributed by atoms with Crippen molar-refractivity contribution < 1.29 is 33.7 Å². The molecule has 3 aromatic carbocycles. The Kier molecular flexibility index (Phi) is 18.3. The van der Waals surface area contributed by atoms with Crippen LogP contribution in [0.4, 0.5) is 0 Å². The van der Waals surface area contributed by atoms with Crippen molar-refractivity contribution >= 4 is 40.1 Å². The number of carbonyl (C=O) groups excluding carboxylic acids is 3. The zero-order valence-electron chi connectivity index (χ0n) is 49.7. The molecule has 0 spiro atoms. The molecule has 89 heavy (non-hydrogen) atoms. The zero-order chi connectivity index (χ0) is 61.3. The van der Waals surface area contributed by atoms with Gasteiger partial charge in [-0.3, -0.25) is 39.3 Å². The van der Waals surface area contributed by atoms with Crippen LogP contribution in [-0.4, -0.2) is 80.3 Å². The van der Waals surface area contributed by atoms with Gasteiger partial charge in [0.2, 0.25) is 0 Å². The fourth-order valence-corrected chi connectivity index (χ4v) is 12.6. The average Bonchev–Trinajstić information content (AvgIpc) is 1.67. The number of aliphatic hydroxyl groups is 1. The van der Waals surface area contributed by atoms with E-state index in [0.29, 0.717) is 111 Å². The predicted octanol–water partition coefficient (Wildman–Crippen LogP) is 11.4. The van der Waals surface area contributed by atoms with E-state index < -0.39 is 17.5 Å². The molecule has 7 aromatic heterocycles. The number of hydrogen-bond acceptors (Lipinski definition) is 16. The third-order valence-corrected chi connectivity index (χ3v) is 17.2. The molecule has 0 radical (unpaired) electrons. The fraction of sp³-hybridized carbons (Fsp3) is 0.254. The summed E-state index contributed by atoms with van der Waals surface area (Å²) in [6.07, 6.45) is 9.31. The molecule has 18 heteroatoms. The van der Waals surface area contributed by atoms with Gasteiger partial charge in [-0.2, -0.15) is 0 Å². The van der Waals surface area contributed by atoms with Gasteiger partial charge in [-0.25, -0.2) is 14.6 Å². The van der Waals surface area contributed by atoms with Crippen LogP contribution in [-0.2, 0) is 80.5 Å². The van der Waals surface area contributed by atoms with E-state index in [2.05, 4.69) is 47.9 Å². The molecular formula is C71H67N9O8S. The second-order valence-corrected chi connectivity index (χ2v) is 23.4. The molecule has 1 amide bonds. The van der Waals surface area contributed by atoms with Crippen LogP contribution >= 0.6 is 11.3 Å². The molecule has 450 valence electrons. The van der Waals surface area contributed by atoms with Crippen LogP contribution in [0.1, 0.15) is 115 Å². The number of benzene rings is 3. The van der Waals surface area contributed by atoms with Crippen molar-refractivity contribution in [1.29, 1.82) is 0 Å². The Balaban J connectivity index is 0.724. The number of nitrogens with zero attached hydrogens (tertiary/aromatic N) is 9. The third-order valence-electron chi connectivity index (χ3n) is 16.3. The minimum atomic E-state index is -1.93. The Morgan fingerprint density at radius 1 is 0.652 bits per heavy atom. The summed E-state index contributed by atoms with van der Waals surface area (Å²) < 4.78 is 19.5. The van der Waals surface area contributed by atoms with Crippen molar-refractivity contribution in [2.75, 3.05) is 13.2 Å². The number of carbonyl (C=O) groups is 3. The quantitative estimate of drug-likeness (QED) is 0.0322. The molecular weight excluding hydrogens is 1140 g/mol. The molecule has 0 saturated heterocycles. The van der Waals surface area contributed by atoms with Gasteiger partial charge in [0.15, 0.2) is 5.60 Å². The first-order valence-electron chi connectivity index (χ1n) is 30.0. The Morgan fingerprint density at radius 3 is 1.82 bits per heavy atom. The summed E-state index contributed by atoms with van der Waals surface area (Å²) in [6.45, 7) is 8.69. The molecule has 0 saturated carbocycles. The highest BCUT2D eigenvalue weighted by molar-refractivity contribution is 7.12. The van der Waals surface area contributed by atoms with Crippen LogP contribution in [0, 0.1) is 0 Å². The van der Waals surface area contributed by atoms with Crippen LogP contribution in [0.15, 0.2) is 187 Å². The lowest BCUT2D eigenvalue weighted by atomic mass is 9.86. The van der Waals surface area contributed by atoms with Gasteiger partial charge in [0.25, 0.3) is 11.5 Å². The van der Waals surface area contributed by atoms with E-state index in [-0.39, 0.29) is 42.2 Å². The lowest BCUT2D eigenvalue weighted by Crippen LogP contribution is -2.44. The molecule has 0 aliphatic carbocycles. The number of rotatable bonds is 25. The number of ether oxygens (including phenoxy) is 3. The van der Waals surface area contributed by atoms with Gasteiger partial charge in [-0.05, 0) is 156 Å². The van der Waals surface area contributed by atoms with E-state index in [9.17, 15) is 24.3 Å². The number of amides is 1. The summed E-state index contributed by atoms with van der Waals surface area (Å²) >= 11 is 1.40. The van der Waals surface area contributed by atoms with E-state index in [4.69, 9.17) is 19.2 Å². The molecule has 1 N–H and O–H groups in total. The first-order valence-corrected chi connectivity index (χ1v) is 30.9. The molecule has 0 unspecified atom stereocenters. The minimum Gasteiger partial charge on any atom is -0.494 e. The molecule has 2 aliphatic heterocycles. The van der Waals surface area contributed by atoms with Crippen molar-refractivity contribution in [3.05, 3.63) is 264 Å². The first-order chi connectivity index (χ1) is 43.5. The predicted molar refractivity (Wildman–Crippen MR) is 338 cm³/mol. The maximum atomic E-state index is 14.1. The summed E-state index contributed by atoms with van der Waals surface area (Å²) in [4.78, 5) is 85.4. The molecule has 12 rings (SSSR count). The number of hydrogen-bond donors (Lipinski definition) is 1. The van der Waals surface area contributed by atoms with Crippen molar-refractivity contribution in [1.82, 2.24) is 44.2 Å². The van der Waals surface area contributed by atoms with Crippen LogP contribution in [0.3, 0.4) is 0 Å². The molecule has 10 aromatic rings. The lowest BCUT2D eigenvalue weighted by molar-refractivity contribution is -0.172. The number of unbranched alkanes of at least 4 members (excludes halogenated alkanes) is 1. The van der Waals surface area contributed by atoms with Gasteiger partial charge in [-0.1, -0.05) is 62.4 Å². The van der Waals surface area contributed by atoms with E-state index in [1.807, 2.05) is 139 Å². The number of thiophene rings is 1. The summed E-state index contributed by atoms with van der Waals surface area (Å²) in [5.74, 6) is -0.302. The minimum absolute atomic E-state index is 0.0492. The van der Waals surface area contributed by atoms with E-state index in [1.54, 1.807) is 47.9 Å². The monoisotopic (exact) mass is 1210 g/mol. The van der Waals surface area contributed by atoms with Gasteiger partial charge >= 0.3 is 11.9 Å². The number of esters is 2. The SMILES string of the molecule is CCc1c2c(nc3ccc(OC(=O)c4ccc(CN(CCCCOc5cc(CN(Cc6ccccn6)Cc6ccccn6)cc(CN(Cc6ccccn6)Cc6ccccn6)c5)C(=O)c5cccs5)cc4)cc13)-c1cc3c(c(=O)n1C2)COC(=O)[C@]3(O)CC. The summed E-state index contributed by atoms with van der Waals surface area (Å²) in [7, 11) is 0. The van der Waals surface area contributed by atoms with Crippen LogP contribution < -0.4 is 15.0 Å². The number of cyclic esters (lactones) is 1. The maximum Gasteiger partial charge on any atom is 0.343 e. The Hall–Kier alpha value is -9.59. The van der Waals surface area contributed by atoms with Crippen molar-refractivity contribution in [3.63, 3.8) is 0 Å². The fourth-order valence-electron chi connectivity index (χ4n) is 11.9. The molecule has 17 nitrogen and oxygen atoms in total. The standard InChI is InChI=1S/C71H67N9O8S/c1-3-58-59-37-56(25-26-63(59)76-66-60(58)46-80-64(66)38-62-61(67(80)81)47-87-70(84)71(62,85)4-2)88-69(83)51-23-21-48(22-24-51)41-79(68(82)65-20-15-33-89-65)31-13-14-32-86-57-35-49(39-77(42-52-16-5-9-27-72-52)43-53-17-6-10-28-73-53)34-50(36-57)40-78(44-54-18-7-11-29-74-54)45-55-19-8-12-30-75-55/h5-12,15-30,33-38,85H,3-4,13-14,31-32,39-47H2,1-2H3/t71-/m0/s1. The largest absolute Gasteiger partial charge is 0.494 e. The van der Waals surface area contributed by atoms with Gasteiger partial charge in [0, 0.05) is 93.7 Å². The first kappa shape index (κ1) is 59.7. The van der Waals surface area contributed by atoms with E-state index in [0.717, 1.165) is 61.7 Å². The van der Waals surface area contributed by atoms with Gasteiger partial charge in [0.1, 0.15) is 18.1 Å².